The van der Waals surface area contributed by atoms with Gasteiger partial charge < -0.3 is 10.4 Å². The Hall–Kier alpha value is -1.39. The van der Waals surface area contributed by atoms with Crippen LogP contribution >= 0.6 is 0 Å². The molecule has 0 aliphatic carbocycles. The molecule has 0 bridgehead atoms. The van der Waals surface area contributed by atoms with Crippen LogP contribution < -0.4 is 5.32 Å². The van der Waals surface area contributed by atoms with E-state index in [0.717, 1.165) is 6.54 Å². The second-order valence-electron chi connectivity index (χ2n) is 6.34. The van der Waals surface area contributed by atoms with Crippen molar-refractivity contribution < 1.29 is 9.90 Å². The van der Waals surface area contributed by atoms with Crippen molar-refractivity contribution >= 4 is 5.91 Å². The smallest absolute Gasteiger partial charge is 0.234 e. The van der Waals surface area contributed by atoms with Crippen LogP contribution in [0, 0.1) is 5.41 Å². The lowest BCUT2D eigenvalue weighted by Gasteiger charge is -2.26. The maximum Gasteiger partial charge on any atom is 0.234 e. The topological polar surface area (TPSA) is 52.6 Å². The number of hydrogen-bond donors (Lipinski definition) is 2. The summed E-state index contributed by atoms with van der Waals surface area (Å²) in [4.78, 5) is 13.8. The quantitative estimate of drug-likeness (QED) is 0.832. The first kappa shape index (κ1) is 16.7. The minimum Gasteiger partial charge on any atom is -0.391 e. The molecule has 1 unspecified atom stereocenters. The summed E-state index contributed by atoms with van der Waals surface area (Å²) >= 11 is 0. The molecule has 1 aromatic rings. The van der Waals surface area contributed by atoms with E-state index in [1.807, 2.05) is 63.1 Å². The molecule has 0 radical (unpaired) electrons. The number of amides is 1. The van der Waals surface area contributed by atoms with Crippen LogP contribution in [0.5, 0.6) is 0 Å². The van der Waals surface area contributed by atoms with Crippen molar-refractivity contribution in [3.63, 3.8) is 0 Å². The van der Waals surface area contributed by atoms with Crippen LogP contribution in [0.1, 0.15) is 26.3 Å². The summed E-state index contributed by atoms with van der Waals surface area (Å²) in [7, 11) is 1.91. The SMILES string of the molecule is CN(CC(=O)NCC(O)C(C)(C)C)Cc1ccccc1. The molecule has 0 aromatic heterocycles. The third-order valence-electron chi connectivity index (χ3n) is 3.20. The summed E-state index contributed by atoms with van der Waals surface area (Å²) in [6, 6.07) is 10.0. The van der Waals surface area contributed by atoms with E-state index in [1.54, 1.807) is 0 Å². The van der Waals surface area contributed by atoms with Gasteiger partial charge in [-0.05, 0) is 18.0 Å². The third kappa shape index (κ3) is 6.17. The number of aliphatic hydroxyl groups excluding tert-OH is 1. The Labute approximate surface area is 121 Å². The summed E-state index contributed by atoms with van der Waals surface area (Å²) in [5.41, 5.74) is 0.959. The average Bonchev–Trinajstić information content (AvgIpc) is 2.35. The molecular formula is C16H26N2O2. The Morgan fingerprint density at radius 1 is 1.30 bits per heavy atom. The number of hydrogen-bond acceptors (Lipinski definition) is 3. The van der Waals surface area contributed by atoms with Crippen molar-refractivity contribution in [3.05, 3.63) is 35.9 Å². The molecule has 1 rings (SSSR count). The van der Waals surface area contributed by atoms with E-state index in [1.165, 1.54) is 5.56 Å². The van der Waals surface area contributed by atoms with Crippen LogP contribution in [0.2, 0.25) is 0 Å². The molecule has 4 heteroatoms. The highest BCUT2D eigenvalue weighted by Gasteiger charge is 2.22. The Morgan fingerprint density at radius 2 is 1.90 bits per heavy atom. The van der Waals surface area contributed by atoms with Gasteiger partial charge in [-0.2, -0.15) is 0 Å². The molecule has 4 nitrogen and oxygen atoms in total. The summed E-state index contributed by atoms with van der Waals surface area (Å²) in [6.45, 7) is 7.20. The van der Waals surface area contributed by atoms with Crippen LogP contribution in [-0.4, -0.2) is 42.2 Å². The van der Waals surface area contributed by atoms with E-state index in [2.05, 4.69) is 5.32 Å². The molecule has 20 heavy (non-hydrogen) atoms. The molecule has 0 saturated carbocycles. The first-order valence-electron chi connectivity index (χ1n) is 6.96. The molecule has 2 N–H and O–H groups in total. The highest BCUT2D eigenvalue weighted by molar-refractivity contribution is 5.78. The number of likely N-dealkylation sites (N-methyl/N-ethyl adjacent to an activating group) is 1. The normalized spacial score (nSPS) is 13.3. The lowest BCUT2D eigenvalue weighted by molar-refractivity contribution is -0.122. The van der Waals surface area contributed by atoms with Gasteiger partial charge in [0.25, 0.3) is 0 Å². The third-order valence-corrected chi connectivity index (χ3v) is 3.20. The van der Waals surface area contributed by atoms with Gasteiger partial charge in [-0.3, -0.25) is 9.69 Å². The zero-order chi connectivity index (χ0) is 15.2. The summed E-state index contributed by atoms with van der Waals surface area (Å²) in [6.07, 6.45) is -0.536. The van der Waals surface area contributed by atoms with E-state index in [4.69, 9.17) is 0 Å². The maximum absolute atomic E-state index is 11.8. The van der Waals surface area contributed by atoms with E-state index in [0.29, 0.717) is 13.1 Å². The molecule has 0 saturated heterocycles. The summed E-state index contributed by atoms with van der Waals surface area (Å²) in [5, 5.41) is 12.7. The van der Waals surface area contributed by atoms with Crippen LogP contribution in [-0.2, 0) is 11.3 Å². The average molecular weight is 278 g/mol. The van der Waals surface area contributed by atoms with E-state index < -0.39 is 6.10 Å². The van der Waals surface area contributed by atoms with Gasteiger partial charge in [-0.15, -0.1) is 0 Å². The second kappa shape index (κ2) is 7.41. The van der Waals surface area contributed by atoms with Crippen molar-refractivity contribution in [2.24, 2.45) is 5.41 Å². The number of aliphatic hydroxyl groups is 1. The van der Waals surface area contributed by atoms with Crippen LogP contribution in [0.15, 0.2) is 30.3 Å². The van der Waals surface area contributed by atoms with Crippen molar-refractivity contribution in [1.29, 1.82) is 0 Å². The van der Waals surface area contributed by atoms with Gasteiger partial charge in [0.15, 0.2) is 0 Å². The van der Waals surface area contributed by atoms with Gasteiger partial charge in [0.2, 0.25) is 5.91 Å². The van der Waals surface area contributed by atoms with E-state index in [-0.39, 0.29) is 11.3 Å². The highest BCUT2D eigenvalue weighted by atomic mass is 16.3. The van der Waals surface area contributed by atoms with Gasteiger partial charge in [0.1, 0.15) is 0 Å². The Kier molecular flexibility index (Phi) is 6.17. The van der Waals surface area contributed by atoms with Crippen molar-refractivity contribution in [1.82, 2.24) is 10.2 Å². The number of carbonyl (C=O) groups is 1. The predicted octanol–water partition coefficient (Wildman–Crippen LogP) is 1.64. The largest absolute Gasteiger partial charge is 0.391 e. The molecule has 112 valence electrons. The monoisotopic (exact) mass is 278 g/mol. The van der Waals surface area contributed by atoms with Gasteiger partial charge in [-0.25, -0.2) is 0 Å². The zero-order valence-electron chi connectivity index (χ0n) is 12.9. The maximum atomic E-state index is 11.8. The standard InChI is InChI=1S/C16H26N2O2/c1-16(2,3)14(19)10-17-15(20)12-18(4)11-13-8-6-5-7-9-13/h5-9,14,19H,10-12H2,1-4H3,(H,17,20). The number of rotatable bonds is 6. The van der Waals surface area contributed by atoms with Crippen molar-refractivity contribution in [3.8, 4) is 0 Å². The van der Waals surface area contributed by atoms with Crippen molar-refractivity contribution in [2.45, 2.75) is 33.4 Å². The fourth-order valence-corrected chi connectivity index (χ4v) is 1.77. The fourth-order valence-electron chi connectivity index (χ4n) is 1.77. The molecule has 1 atom stereocenters. The van der Waals surface area contributed by atoms with E-state index >= 15 is 0 Å². The van der Waals surface area contributed by atoms with Crippen molar-refractivity contribution in [2.75, 3.05) is 20.1 Å². The Balaban J connectivity index is 2.32. The first-order valence-corrected chi connectivity index (χ1v) is 6.96. The molecule has 0 aliphatic rings. The number of nitrogens with zero attached hydrogens (tertiary/aromatic N) is 1. The molecule has 0 fully saturated rings. The predicted molar refractivity (Wildman–Crippen MR) is 81.2 cm³/mol. The lowest BCUT2D eigenvalue weighted by Crippen LogP contribution is -2.42. The summed E-state index contributed by atoms with van der Waals surface area (Å²) < 4.78 is 0. The lowest BCUT2D eigenvalue weighted by atomic mass is 9.89. The molecule has 1 amide bonds. The van der Waals surface area contributed by atoms with Crippen LogP contribution in [0.4, 0.5) is 0 Å². The fraction of sp³-hybridized carbons (Fsp3) is 0.562. The van der Waals surface area contributed by atoms with Crippen LogP contribution in [0.3, 0.4) is 0 Å². The number of benzene rings is 1. The Bertz CT molecular complexity index is 412. The minimum absolute atomic E-state index is 0.0632. The van der Waals surface area contributed by atoms with Gasteiger partial charge >= 0.3 is 0 Å². The summed E-state index contributed by atoms with van der Waals surface area (Å²) in [5.74, 6) is -0.0632. The molecular weight excluding hydrogens is 252 g/mol. The first-order chi connectivity index (χ1) is 9.29. The molecule has 0 spiro atoms. The second-order valence-corrected chi connectivity index (χ2v) is 6.34. The van der Waals surface area contributed by atoms with Gasteiger partial charge in [-0.1, -0.05) is 51.1 Å². The van der Waals surface area contributed by atoms with Gasteiger partial charge in [0, 0.05) is 13.1 Å². The minimum atomic E-state index is -0.536. The van der Waals surface area contributed by atoms with Gasteiger partial charge in [0.05, 0.1) is 12.6 Å². The van der Waals surface area contributed by atoms with E-state index in [9.17, 15) is 9.90 Å². The molecule has 0 aliphatic heterocycles. The Morgan fingerprint density at radius 3 is 2.45 bits per heavy atom. The zero-order valence-corrected chi connectivity index (χ0v) is 12.9. The molecule has 1 aromatic carbocycles. The van der Waals surface area contributed by atoms with Crippen LogP contribution in [0.25, 0.3) is 0 Å². The highest BCUT2D eigenvalue weighted by Crippen LogP contribution is 2.17. The number of carbonyl (C=O) groups excluding carboxylic acids is 1. The molecule has 0 heterocycles. The number of nitrogens with one attached hydrogen (secondary N) is 1.